The van der Waals surface area contributed by atoms with Crippen molar-refractivity contribution < 1.29 is 34.2 Å². The molecule has 0 radical (unpaired) electrons. The van der Waals surface area contributed by atoms with Gasteiger partial charge in [0.25, 0.3) is 0 Å². The highest BCUT2D eigenvalue weighted by atomic mass is 16.3. The molecule has 4 N–H and O–H groups in total. The van der Waals surface area contributed by atoms with Crippen LogP contribution < -0.4 is 10.6 Å². The summed E-state index contributed by atoms with van der Waals surface area (Å²) in [4.78, 5) is 71.1. The van der Waals surface area contributed by atoms with Crippen LogP contribution in [0.1, 0.15) is 48.7 Å². The normalized spacial score (nSPS) is 28.8. The third kappa shape index (κ3) is 4.41. The fraction of sp³-hybridized carbons (Fsp3) is 0.485. The molecule has 0 aliphatic heterocycles. The monoisotopic (exact) mass is 589 g/mol. The molecule has 0 spiro atoms. The van der Waals surface area contributed by atoms with Gasteiger partial charge in [-0.15, -0.1) is 0 Å². The molecule has 43 heavy (non-hydrogen) atoms. The van der Waals surface area contributed by atoms with Gasteiger partial charge in [0, 0.05) is 31.3 Å². The van der Waals surface area contributed by atoms with Crippen molar-refractivity contribution in [2.45, 2.75) is 50.7 Å². The van der Waals surface area contributed by atoms with Crippen molar-refractivity contribution in [3.8, 4) is 16.9 Å². The first-order chi connectivity index (χ1) is 19.9. The lowest BCUT2D eigenvalue weighted by Gasteiger charge is -2.52. The van der Waals surface area contributed by atoms with Gasteiger partial charge in [-0.05, 0) is 73.2 Å². The van der Waals surface area contributed by atoms with Crippen LogP contribution in [0.2, 0.25) is 0 Å². The first-order valence-corrected chi connectivity index (χ1v) is 14.4. The molecule has 0 aromatic heterocycles. The Labute approximate surface area is 250 Å². The van der Waals surface area contributed by atoms with Crippen molar-refractivity contribution in [2.75, 3.05) is 33.1 Å². The van der Waals surface area contributed by atoms with E-state index in [2.05, 4.69) is 0 Å². The summed E-state index contributed by atoms with van der Waals surface area (Å²) in [6, 6.07) is 8.55. The molecular formula is C33H39N3O7. The number of nitrogens with zero attached hydrogens (tertiary/aromatic N) is 2. The van der Waals surface area contributed by atoms with Gasteiger partial charge in [0.2, 0.25) is 5.91 Å². The van der Waals surface area contributed by atoms with Crippen LogP contribution in [0.5, 0.6) is 5.75 Å². The standard InChI is InChI=1S/C33H39N3O7/c1-32(2,3)21-14-18(15-8-10-17(11-9-15)35(4)5)19-12-16-13-20-25(36(6)7)28(39)24(31(34)42)30(41)33(20,43)29(40)22(16)27(38)23(19)26(21)37/h8-11,14,16,20,22,24-25,37,43H,12-13H2,1-7H3,(H2,34,42)/t16-,20-,22?,24?,25?,33-/m1/s1. The van der Waals surface area contributed by atoms with Crippen molar-refractivity contribution in [3.63, 3.8) is 0 Å². The summed E-state index contributed by atoms with van der Waals surface area (Å²) in [5.41, 5.74) is 5.76. The minimum Gasteiger partial charge on any atom is -0.507 e. The van der Waals surface area contributed by atoms with E-state index in [1.54, 1.807) is 14.1 Å². The number of hydrogen-bond acceptors (Lipinski definition) is 9. The zero-order valence-electron chi connectivity index (χ0n) is 25.6. The zero-order chi connectivity index (χ0) is 31.9. The molecule has 3 unspecified atom stereocenters. The van der Waals surface area contributed by atoms with Crippen LogP contribution in [0, 0.1) is 23.7 Å². The molecule has 5 rings (SSSR count). The van der Waals surface area contributed by atoms with Crippen molar-refractivity contribution in [1.29, 1.82) is 0 Å². The highest BCUT2D eigenvalue weighted by Crippen LogP contribution is 2.53. The van der Waals surface area contributed by atoms with Gasteiger partial charge < -0.3 is 20.8 Å². The molecule has 0 heterocycles. The fourth-order valence-electron chi connectivity index (χ4n) is 7.44. The van der Waals surface area contributed by atoms with Crippen LogP contribution in [0.4, 0.5) is 5.69 Å². The fourth-order valence-corrected chi connectivity index (χ4v) is 7.44. The first-order valence-electron chi connectivity index (χ1n) is 14.4. The minimum atomic E-state index is -2.75. The van der Waals surface area contributed by atoms with Crippen LogP contribution in [-0.4, -0.2) is 84.0 Å². The van der Waals surface area contributed by atoms with E-state index in [0.717, 1.165) is 16.8 Å². The number of Topliss-reactive ketones (excluding diaryl/α,β-unsaturated/α-hetero) is 4. The summed E-state index contributed by atoms with van der Waals surface area (Å²) in [5.74, 6) is -10.5. The van der Waals surface area contributed by atoms with Gasteiger partial charge >= 0.3 is 0 Å². The zero-order valence-corrected chi connectivity index (χ0v) is 25.6. The molecule has 1 amide bonds. The number of primary amides is 1. The number of aliphatic hydroxyl groups is 1. The summed E-state index contributed by atoms with van der Waals surface area (Å²) >= 11 is 0. The van der Waals surface area contributed by atoms with Crippen LogP contribution >= 0.6 is 0 Å². The van der Waals surface area contributed by atoms with E-state index < -0.39 is 69.8 Å². The van der Waals surface area contributed by atoms with Gasteiger partial charge in [-0.25, -0.2) is 0 Å². The molecule has 2 aromatic carbocycles. The number of anilines is 1. The van der Waals surface area contributed by atoms with Crippen LogP contribution in [-0.2, 0) is 31.0 Å². The summed E-state index contributed by atoms with van der Waals surface area (Å²) in [6.45, 7) is 5.73. The Morgan fingerprint density at radius 3 is 2.12 bits per heavy atom. The molecule has 10 nitrogen and oxygen atoms in total. The molecule has 3 aliphatic rings. The van der Waals surface area contributed by atoms with Gasteiger partial charge in [0.05, 0.1) is 17.5 Å². The van der Waals surface area contributed by atoms with E-state index in [1.165, 1.54) is 4.90 Å². The van der Waals surface area contributed by atoms with E-state index >= 15 is 0 Å². The van der Waals surface area contributed by atoms with E-state index in [1.807, 2.05) is 70.1 Å². The Bertz CT molecular complexity index is 1570. The maximum atomic E-state index is 14.3. The minimum absolute atomic E-state index is 0.00465. The number of phenolic OH excluding ortho intramolecular Hbond substituents is 1. The molecule has 0 bridgehead atoms. The Morgan fingerprint density at radius 1 is 1.00 bits per heavy atom. The predicted molar refractivity (Wildman–Crippen MR) is 160 cm³/mol. The number of fused-ring (bicyclic) bond motifs is 3. The van der Waals surface area contributed by atoms with Gasteiger partial charge in [0.15, 0.2) is 34.7 Å². The van der Waals surface area contributed by atoms with E-state index in [4.69, 9.17) is 5.73 Å². The number of aromatic hydroxyl groups is 1. The van der Waals surface area contributed by atoms with Crippen LogP contribution in [0.3, 0.4) is 0 Å². The number of ketones is 4. The van der Waals surface area contributed by atoms with E-state index in [-0.39, 0.29) is 24.2 Å². The molecule has 10 heteroatoms. The second-order valence-corrected chi connectivity index (χ2v) is 13.7. The number of carbonyl (C=O) groups is 5. The van der Waals surface area contributed by atoms with Gasteiger partial charge in [-0.3, -0.25) is 28.9 Å². The molecule has 2 saturated carbocycles. The maximum absolute atomic E-state index is 14.3. The average Bonchev–Trinajstić information content (AvgIpc) is 2.90. The highest BCUT2D eigenvalue weighted by molar-refractivity contribution is 6.32. The Balaban J connectivity index is 1.71. The molecular weight excluding hydrogens is 550 g/mol. The topological polar surface area (TPSA) is 158 Å². The Hall–Kier alpha value is -3.89. The lowest BCUT2D eigenvalue weighted by molar-refractivity contribution is -0.181. The molecule has 2 aromatic rings. The molecule has 0 saturated heterocycles. The molecule has 2 fully saturated rings. The molecule has 3 aliphatic carbocycles. The second-order valence-electron chi connectivity index (χ2n) is 13.7. The molecule has 6 atom stereocenters. The number of amides is 1. The van der Waals surface area contributed by atoms with Crippen molar-refractivity contribution in [3.05, 3.63) is 47.0 Å². The summed E-state index contributed by atoms with van der Waals surface area (Å²) in [7, 11) is 7.00. The average molecular weight is 590 g/mol. The van der Waals surface area contributed by atoms with Crippen molar-refractivity contribution in [2.24, 2.45) is 29.4 Å². The van der Waals surface area contributed by atoms with E-state index in [9.17, 15) is 34.2 Å². The van der Waals surface area contributed by atoms with Crippen molar-refractivity contribution >= 4 is 34.7 Å². The molecule has 228 valence electrons. The first kappa shape index (κ1) is 30.6. The number of likely N-dealkylation sites (N-methyl/N-ethyl adjacent to an activating group) is 1. The number of nitrogens with two attached hydrogens (primary N) is 1. The third-order valence-corrected chi connectivity index (χ3v) is 9.56. The second kappa shape index (κ2) is 10.1. The third-order valence-electron chi connectivity index (χ3n) is 9.56. The van der Waals surface area contributed by atoms with Gasteiger partial charge in [-0.2, -0.15) is 0 Å². The summed E-state index contributed by atoms with van der Waals surface area (Å²) in [6.07, 6.45) is 0.208. The number of carbonyl (C=O) groups excluding carboxylic acids is 5. The predicted octanol–water partition coefficient (Wildman–Crippen LogP) is 1.90. The number of phenols is 1. The Morgan fingerprint density at radius 2 is 1.60 bits per heavy atom. The van der Waals surface area contributed by atoms with Gasteiger partial charge in [0.1, 0.15) is 5.75 Å². The number of benzene rings is 2. The SMILES string of the molecule is CN(C)c1ccc(-c2cc(C(C)(C)C)c(O)c3c2C[C@@H]2C[C@@H]4C(N(C)C)C(=O)C(C(N)=O)C(=O)[C@]4(O)C(=O)C2C3=O)cc1. The number of rotatable bonds is 4. The van der Waals surface area contributed by atoms with E-state index in [0.29, 0.717) is 11.1 Å². The number of hydrogen-bond donors (Lipinski definition) is 3. The lowest BCUT2D eigenvalue weighted by atomic mass is 9.52. The smallest absolute Gasteiger partial charge is 0.235 e. The quantitative estimate of drug-likeness (QED) is 0.453. The summed E-state index contributed by atoms with van der Waals surface area (Å²) in [5, 5.41) is 23.4. The largest absolute Gasteiger partial charge is 0.507 e. The highest BCUT2D eigenvalue weighted by Gasteiger charge is 2.69. The lowest BCUT2D eigenvalue weighted by Crippen LogP contribution is -2.74. The van der Waals surface area contributed by atoms with Crippen molar-refractivity contribution in [1.82, 2.24) is 4.90 Å². The van der Waals surface area contributed by atoms with Crippen LogP contribution in [0.25, 0.3) is 11.1 Å². The maximum Gasteiger partial charge on any atom is 0.235 e. The Kier molecular flexibility index (Phi) is 7.17. The van der Waals surface area contributed by atoms with Gasteiger partial charge in [-0.1, -0.05) is 32.9 Å². The van der Waals surface area contributed by atoms with Crippen LogP contribution in [0.15, 0.2) is 30.3 Å². The summed E-state index contributed by atoms with van der Waals surface area (Å²) < 4.78 is 0.